The highest BCUT2D eigenvalue weighted by atomic mass is 16.6. The SMILES string of the molecule is CN(CC(=O)N1CCOC1=O)C1CCCCC1CN. The van der Waals surface area contributed by atoms with Gasteiger partial charge in [0, 0.05) is 6.04 Å². The van der Waals surface area contributed by atoms with Gasteiger partial charge in [0.1, 0.15) is 6.61 Å². The molecule has 108 valence electrons. The zero-order chi connectivity index (χ0) is 13.8. The third-order valence-corrected chi connectivity index (χ3v) is 4.18. The normalized spacial score (nSPS) is 27.7. The lowest BCUT2D eigenvalue weighted by molar-refractivity contribution is -0.129. The Kier molecular flexibility index (Phi) is 4.76. The number of ether oxygens (including phenoxy) is 1. The van der Waals surface area contributed by atoms with E-state index in [1.807, 2.05) is 11.9 Å². The molecule has 2 aliphatic rings. The number of rotatable bonds is 4. The molecule has 1 saturated heterocycles. The van der Waals surface area contributed by atoms with Gasteiger partial charge in [0.25, 0.3) is 0 Å². The van der Waals surface area contributed by atoms with Crippen molar-refractivity contribution in [1.82, 2.24) is 9.80 Å². The highest BCUT2D eigenvalue weighted by Gasteiger charge is 2.32. The van der Waals surface area contributed by atoms with E-state index >= 15 is 0 Å². The van der Waals surface area contributed by atoms with Crippen molar-refractivity contribution in [3.63, 3.8) is 0 Å². The van der Waals surface area contributed by atoms with E-state index in [-0.39, 0.29) is 12.5 Å². The van der Waals surface area contributed by atoms with Crippen LogP contribution in [0.2, 0.25) is 0 Å². The van der Waals surface area contributed by atoms with Crippen LogP contribution in [0.4, 0.5) is 4.79 Å². The summed E-state index contributed by atoms with van der Waals surface area (Å²) in [5.74, 6) is 0.281. The summed E-state index contributed by atoms with van der Waals surface area (Å²) in [7, 11) is 1.94. The number of nitrogens with two attached hydrogens (primary N) is 1. The van der Waals surface area contributed by atoms with E-state index in [2.05, 4.69) is 0 Å². The number of imide groups is 1. The van der Waals surface area contributed by atoms with Crippen molar-refractivity contribution in [2.24, 2.45) is 11.7 Å². The van der Waals surface area contributed by atoms with Crippen LogP contribution in [0.25, 0.3) is 0 Å². The summed E-state index contributed by atoms with van der Waals surface area (Å²) in [5.41, 5.74) is 5.81. The lowest BCUT2D eigenvalue weighted by Crippen LogP contribution is -2.48. The lowest BCUT2D eigenvalue weighted by atomic mass is 9.84. The van der Waals surface area contributed by atoms with Crippen LogP contribution in [0.5, 0.6) is 0 Å². The average molecular weight is 269 g/mol. The Bertz CT molecular complexity index is 348. The molecule has 0 bridgehead atoms. The minimum absolute atomic E-state index is 0.175. The molecule has 2 atom stereocenters. The Hall–Kier alpha value is -1.14. The molecule has 1 aliphatic carbocycles. The van der Waals surface area contributed by atoms with Gasteiger partial charge in [0.2, 0.25) is 5.91 Å². The molecule has 0 aromatic rings. The molecule has 0 aromatic heterocycles. The maximum Gasteiger partial charge on any atom is 0.416 e. The van der Waals surface area contributed by atoms with Crippen molar-refractivity contribution in [2.45, 2.75) is 31.7 Å². The zero-order valence-corrected chi connectivity index (χ0v) is 11.5. The van der Waals surface area contributed by atoms with Crippen LogP contribution in [0.3, 0.4) is 0 Å². The van der Waals surface area contributed by atoms with E-state index in [1.165, 1.54) is 17.7 Å². The molecule has 2 fully saturated rings. The second-order valence-corrected chi connectivity index (χ2v) is 5.42. The number of amides is 2. The summed E-state index contributed by atoms with van der Waals surface area (Å²) in [6.45, 7) is 1.60. The number of cyclic esters (lactones) is 1. The first kappa shape index (κ1) is 14.3. The fourth-order valence-corrected chi connectivity index (χ4v) is 3.08. The maximum atomic E-state index is 12.1. The van der Waals surface area contributed by atoms with Crippen LogP contribution in [0.15, 0.2) is 0 Å². The van der Waals surface area contributed by atoms with Crippen LogP contribution < -0.4 is 5.73 Å². The minimum Gasteiger partial charge on any atom is -0.447 e. The fourth-order valence-electron chi connectivity index (χ4n) is 3.08. The predicted octanol–water partition coefficient (Wildman–Crippen LogP) is 0.415. The highest BCUT2D eigenvalue weighted by Crippen LogP contribution is 2.27. The van der Waals surface area contributed by atoms with Gasteiger partial charge in [-0.15, -0.1) is 0 Å². The summed E-state index contributed by atoms with van der Waals surface area (Å²) in [4.78, 5) is 26.6. The lowest BCUT2D eigenvalue weighted by Gasteiger charge is -2.37. The molecule has 0 spiro atoms. The Morgan fingerprint density at radius 1 is 1.47 bits per heavy atom. The summed E-state index contributed by atoms with van der Waals surface area (Å²) in [6.07, 6.45) is 4.10. The molecule has 1 aliphatic heterocycles. The number of carbonyl (C=O) groups is 2. The Morgan fingerprint density at radius 3 is 2.84 bits per heavy atom. The second-order valence-electron chi connectivity index (χ2n) is 5.42. The molecule has 2 rings (SSSR count). The topological polar surface area (TPSA) is 75.9 Å². The molecule has 2 unspecified atom stereocenters. The van der Waals surface area contributed by atoms with Crippen LogP contribution in [0, 0.1) is 5.92 Å². The van der Waals surface area contributed by atoms with Crippen molar-refractivity contribution < 1.29 is 14.3 Å². The molecule has 1 saturated carbocycles. The molecule has 1 heterocycles. The highest BCUT2D eigenvalue weighted by molar-refractivity contribution is 5.94. The van der Waals surface area contributed by atoms with Gasteiger partial charge in [0.05, 0.1) is 13.1 Å². The quantitative estimate of drug-likeness (QED) is 0.800. The molecule has 2 amide bonds. The third kappa shape index (κ3) is 3.25. The van der Waals surface area contributed by atoms with Crippen LogP contribution in [-0.2, 0) is 9.53 Å². The van der Waals surface area contributed by atoms with E-state index in [1.54, 1.807) is 0 Å². The zero-order valence-electron chi connectivity index (χ0n) is 11.5. The van der Waals surface area contributed by atoms with E-state index in [9.17, 15) is 9.59 Å². The number of hydrogen-bond acceptors (Lipinski definition) is 5. The first-order valence-corrected chi connectivity index (χ1v) is 7.01. The van der Waals surface area contributed by atoms with Gasteiger partial charge in [-0.2, -0.15) is 0 Å². The molecule has 19 heavy (non-hydrogen) atoms. The molecule has 2 N–H and O–H groups in total. The molecular weight excluding hydrogens is 246 g/mol. The van der Waals surface area contributed by atoms with Crippen molar-refractivity contribution in [3.05, 3.63) is 0 Å². The van der Waals surface area contributed by atoms with Crippen LogP contribution in [-0.4, -0.2) is 61.1 Å². The van der Waals surface area contributed by atoms with E-state index in [0.29, 0.717) is 31.7 Å². The van der Waals surface area contributed by atoms with E-state index < -0.39 is 6.09 Å². The fraction of sp³-hybridized carbons (Fsp3) is 0.846. The Morgan fingerprint density at radius 2 is 2.21 bits per heavy atom. The third-order valence-electron chi connectivity index (χ3n) is 4.18. The summed E-state index contributed by atoms with van der Waals surface area (Å²) in [6, 6.07) is 0.348. The smallest absolute Gasteiger partial charge is 0.416 e. The monoisotopic (exact) mass is 269 g/mol. The van der Waals surface area contributed by atoms with Crippen LogP contribution >= 0.6 is 0 Å². The van der Waals surface area contributed by atoms with E-state index in [0.717, 1.165) is 12.8 Å². The predicted molar refractivity (Wildman–Crippen MR) is 70.5 cm³/mol. The van der Waals surface area contributed by atoms with E-state index in [4.69, 9.17) is 10.5 Å². The summed E-state index contributed by atoms with van der Waals surface area (Å²) >= 11 is 0. The first-order chi connectivity index (χ1) is 9.13. The van der Waals surface area contributed by atoms with Gasteiger partial charge in [0.15, 0.2) is 0 Å². The first-order valence-electron chi connectivity index (χ1n) is 7.01. The second kappa shape index (κ2) is 6.34. The maximum absolute atomic E-state index is 12.1. The van der Waals surface area contributed by atoms with Crippen molar-refractivity contribution in [1.29, 1.82) is 0 Å². The van der Waals surface area contributed by atoms with Gasteiger partial charge in [-0.05, 0) is 32.4 Å². The number of nitrogens with zero attached hydrogens (tertiary/aromatic N) is 2. The minimum atomic E-state index is -0.516. The summed E-state index contributed by atoms with van der Waals surface area (Å²) < 4.78 is 4.78. The number of likely N-dealkylation sites (N-methyl/N-ethyl adjacent to an activating group) is 1. The van der Waals surface area contributed by atoms with Crippen molar-refractivity contribution in [3.8, 4) is 0 Å². The molecule has 0 aromatic carbocycles. The van der Waals surface area contributed by atoms with Gasteiger partial charge < -0.3 is 10.5 Å². The standard InChI is InChI=1S/C13H23N3O3/c1-15(11-5-3-2-4-10(11)8-14)9-12(17)16-6-7-19-13(16)18/h10-11H,2-9,14H2,1H3. The van der Waals surface area contributed by atoms with Gasteiger partial charge >= 0.3 is 6.09 Å². The number of carbonyl (C=O) groups excluding carboxylic acids is 2. The summed E-state index contributed by atoms with van der Waals surface area (Å²) in [5, 5.41) is 0. The molecule has 6 heteroatoms. The van der Waals surface area contributed by atoms with Gasteiger partial charge in [-0.3, -0.25) is 9.69 Å². The number of hydrogen-bond donors (Lipinski definition) is 1. The van der Waals surface area contributed by atoms with Crippen molar-refractivity contribution in [2.75, 3.05) is 33.3 Å². The molecular formula is C13H23N3O3. The Balaban J connectivity index is 1.90. The largest absolute Gasteiger partial charge is 0.447 e. The molecule has 0 radical (unpaired) electrons. The van der Waals surface area contributed by atoms with Gasteiger partial charge in [-0.25, -0.2) is 9.69 Å². The van der Waals surface area contributed by atoms with Gasteiger partial charge in [-0.1, -0.05) is 12.8 Å². The van der Waals surface area contributed by atoms with Crippen molar-refractivity contribution >= 4 is 12.0 Å². The average Bonchev–Trinajstić information content (AvgIpc) is 2.85. The Labute approximate surface area is 113 Å². The van der Waals surface area contributed by atoms with Crippen LogP contribution in [0.1, 0.15) is 25.7 Å². The molecule has 6 nitrogen and oxygen atoms in total.